The van der Waals surface area contributed by atoms with Gasteiger partial charge in [0.15, 0.2) is 0 Å². The van der Waals surface area contributed by atoms with Crippen LogP contribution in [0.5, 0.6) is 0 Å². The maximum Gasteiger partial charge on any atom is 0.249 e. The first-order valence-electron chi connectivity index (χ1n) is 15.5. The Morgan fingerprint density at radius 2 is 1.59 bits per heavy atom. The molecule has 0 radical (unpaired) electrons. The predicted octanol–water partition coefficient (Wildman–Crippen LogP) is 3.35. The van der Waals surface area contributed by atoms with Crippen molar-refractivity contribution >= 4 is 17.7 Å². The number of fused-ring (bicyclic) bond motifs is 2. The summed E-state index contributed by atoms with van der Waals surface area (Å²) < 4.78 is 7.05. The number of nitrogens with zero attached hydrogens (tertiary/aromatic N) is 3. The van der Waals surface area contributed by atoms with Crippen LogP contribution in [0.1, 0.15) is 58.4 Å². The number of aliphatic hydroxyl groups excluding tert-OH is 1. The SMILES string of the molecule is CCCCCN1CC=C[C@]23O[C@]4(CC)C=CCN(CCC)C(=O)[C@@H]4[C@H]2C(=O)N([C@@H](CO)Cc2ccccc2)C3C1=O. The first-order chi connectivity index (χ1) is 19.9. The molecule has 41 heavy (non-hydrogen) atoms. The minimum absolute atomic E-state index is 0.0944. The number of carbonyl (C=O) groups excluding carboxylic acids is 3. The van der Waals surface area contributed by atoms with Crippen LogP contribution in [-0.4, -0.2) is 93.6 Å². The summed E-state index contributed by atoms with van der Waals surface area (Å²) in [5.41, 5.74) is -1.32. The van der Waals surface area contributed by atoms with Crippen LogP contribution in [-0.2, 0) is 25.5 Å². The number of rotatable bonds is 11. The molecule has 6 atom stereocenters. The zero-order valence-corrected chi connectivity index (χ0v) is 24.7. The third kappa shape index (κ3) is 4.93. The van der Waals surface area contributed by atoms with Gasteiger partial charge in [-0.1, -0.05) is 88.2 Å². The number of hydrogen-bond donors (Lipinski definition) is 1. The Bertz CT molecular complexity index is 1180. The molecule has 4 heterocycles. The molecule has 3 amide bonds. The Morgan fingerprint density at radius 3 is 2.24 bits per heavy atom. The van der Waals surface area contributed by atoms with Crippen LogP contribution in [0.15, 0.2) is 54.6 Å². The Balaban J connectivity index is 1.63. The van der Waals surface area contributed by atoms with Gasteiger partial charge < -0.3 is 24.5 Å². The smallest absolute Gasteiger partial charge is 0.249 e. The molecule has 1 spiro atoms. The Labute approximate surface area is 244 Å². The molecule has 0 bridgehead atoms. The molecule has 222 valence electrons. The lowest BCUT2D eigenvalue weighted by atomic mass is 9.73. The molecule has 1 N–H and O–H groups in total. The quantitative estimate of drug-likeness (QED) is 0.330. The minimum atomic E-state index is -1.30. The minimum Gasteiger partial charge on any atom is -0.394 e. The largest absolute Gasteiger partial charge is 0.394 e. The van der Waals surface area contributed by atoms with Gasteiger partial charge in [-0.15, -0.1) is 0 Å². The summed E-state index contributed by atoms with van der Waals surface area (Å²) in [7, 11) is 0. The molecule has 4 aliphatic heterocycles. The molecular weight excluding hydrogens is 518 g/mol. The highest BCUT2D eigenvalue weighted by Gasteiger charge is 2.75. The number of likely N-dealkylation sites (tertiary alicyclic amines) is 1. The van der Waals surface area contributed by atoms with Crippen molar-refractivity contribution in [2.75, 3.05) is 32.8 Å². The zero-order chi connectivity index (χ0) is 29.2. The van der Waals surface area contributed by atoms with Gasteiger partial charge in [0.1, 0.15) is 11.6 Å². The van der Waals surface area contributed by atoms with E-state index >= 15 is 0 Å². The lowest BCUT2D eigenvalue weighted by Gasteiger charge is -2.41. The Kier molecular flexibility index (Phi) is 8.71. The molecule has 0 saturated carbocycles. The number of carbonyl (C=O) groups is 3. The van der Waals surface area contributed by atoms with E-state index in [1.165, 1.54) is 0 Å². The normalized spacial score (nSPS) is 31.7. The van der Waals surface area contributed by atoms with Gasteiger partial charge in [0.2, 0.25) is 17.7 Å². The third-order valence-corrected chi connectivity index (χ3v) is 9.49. The van der Waals surface area contributed by atoms with E-state index in [9.17, 15) is 19.5 Å². The summed E-state index contributed by atoms with van der Waals surface area (Å²) in [6.45, 7) is 7.93. The van der Waals surface area contributed by atoms with Gasteiger partial charge in [0.25, 0.3) is 0 Å². The molecule has 1 aromatic carbocycles. The van der Waals surface area contributed by atoms with Crippen molar-refractivity contribution in [3.63, 3.8) is 0 Å². The monoisotopic (exact) mass is 563 g/mol. The fourth-order valence-electron chi connectivity index (χ4n) is 7.55. The summed E-state index contributed by atoms with van der Waals surface area (Å²) in [4.78, 5) is 48.7. The van der Waals surface area contributed by atoms with E-state index in [0.29, 0.717) is 39.0 Å². The average molecular weight is 564 g/mol. The standard InChI is InChI=1S/C33H45N3O5/c1-4-7-11-19-35-21-13-17-33-27(26-29(38)34(18-5-2)20-12-16-32(26,6-3)41-33)30(39)36(28(33)31(35)40)25(23-37)22-24-14-9-8-10-15-24/h8-10,12-17,25-28,37H,4-7,11,18-23H2,1-3H3/t25-,26+,27+,28?,32-,33+/m1/s1. The van der Waals surface area contributed by atoms with Crippen molar-refractivity contribution in [3.05, 3.63) is 60.2 Å². The Hall–Kier alpha value is -2.97. The summed E-state index contributed by atoms with van der Waals surface area (Å²) in [6.07, 6.45) is 12.4. The van der Waals surface area contributed by atoms with E-state index < -0.39 is 35.1 Å². The molecule has 8 heteroatoms. The van der Waals surface area contributed by atoms with Crippen LogP contribution in [0.2, 0.25) is 0 Å². The fraction of sp³-hybridized carbons (Fsp3) is 0.606. The van der Waals surface area contributed by atoms with E-state index in [4.69, 9.17) is 4.74 Å². The van der Waals surface area contributed by atoms with Crippen molar-refractivity contribution in [3.8, 4) is 0 Å². The molecule has 1 aromatic rings. The molecular formula is C33H45N3O5. The fourth-order valence-corrected chi connectivity index (χ4v) is 7.55. The van der Waals surface area contributed by atoms with Gasteiger partial charge in [-0.2, -0.15) is 0 Å². The molecule has 0 aromatic heterocycles. The van der Waals surface area contributed by atoms with Crippen LogP contribution in [0, 0.1) is 11.8 Å². The number of aliphatic hydroxyl groups is 1. The van der Waals surface area contributed by atoms with E-state index in [-0.39, 0.29) is 24.3 Å². The van der Waals surface area contributed by atoms with Crippen molar-refractivity contribution in [1.82, 2.24) is 14.7 Å². The number of benzene rings is 1. The van der Waals surface area contributed by atoms with Crippen molar-refractivity contribution < 1.29 is 24.2 Å². The first kappa shape index (κ1) is 29.5. The molecule has 5 rings (SSSR count). The molecule has 4 aliphatic rings. The summed E-state index contributed by atoms with van der Waals surface area (Å²) in [6, 6.07) is 8.12. The van der Waals surface area contributed by atoms with Gasteiger partial charge in [-0.25, -0.2) is 0 Å². The summed E-state index contributed by atoms with van der Waals surface area (Å²) in [5.74, 6) is -2.15. The summed E-state index contributed by atoms with van der Waals surface area (Å²) >= 11 is 0. The average Bonchev–Trinajstić information content (AvgIpc) is 3.28. The second-order valence-corrected chi connectivity index (χ2v) is 12.0. The maximum atomic E-state index is 14.7. The first-order valence-corrected chi connectivity index (χ1v) is 15.5. The second kappa shape index (κ2) is 12.1. The van der Waals surface area contributed by atoms with E-state index in [1.54, 1.807) is 4.90 Å². The van der Waals surface area contributed by atoms with Crippen LogP contribution < -0.4 is 0 Å². The molecule has 2 fully saturated rings. The van der Waals surface area contributed by atoms with E-state index in [0.717, 1.165) is 31.2 Å². The molecule has 8 nitrogen and oxygen atoms in total. The molecule has 0 aliphatic carbocycles. The lowest BCUT2D eigenvalue weighted by Crippen LogP contribution is -2.59. The van der Waals surface area contributed by atoms with Gasteiger partial charge in [0.05, 0.1) is 30.1 Å². The predicted molar refractivity (Wildman–Crippen MR) is 157 cm³/mol. The number of hydrogen-bond acceptors (Lipinski definition) is 5. The molecule has 2 saturated heterocycles. The topological polar surface area (TPSA) is 90.4 Å². The highest BCUT2D eigenvalue weighted by Crippen LogP contribution is 2.59. The number of ether oxygens (including phenoxy) is 1. The zero-order valence-electron chi connectivity index (χ0n) is 24.7. The van der Waals surface area contributed by atoms with Gasteiger partial charge in [-0.05, 0) is 31.2 Å². The van der Waals surface area contributed by atoms with Gasteiger partial charge in [-0.3, -0.25) is 14.4 Å². The highest BCUT2D eigenvalue weighted by molar-refractivity contribution is 6.00. The maximum absolute atomic E-state index is 14.7. The van der Waals surface area contributed by atoms with Crippen LogP contribution in [0.4, 0.5) is 0 Å². The molecule has 1 unspecified atom stereocenters. The van der Waals surface area contributed by atoms with Crippen LogP contribution in [0.3, 0.4) is 0 Å². The van der Waals surface area contributed by atoms with Crippen molar-refractivity contribution in [1.29, 1.82) is 0 Å². The van der Waals surface area contributed by atoms with E-state index in [2.05, 4.69) is 6.92 Å². The van der Waals surface area contributed by atoms with Gasteiger partial charge in [0, 0.05) is 26.2 Å². The second-order valence-electron chi connectivity index (χ2n) is 12.0. The Morgan fingerprint density at radius 1 is 0.878 bits per heavy atom. The van der Waals surface area contributed by atoms with Crippen molar-refractivity contribution in [2.45, 2.75) is 82.6 Å². The number of unbranched alkanes of at least 4 members (excludes halogenated alkanes) is 2. The van der Waals surface area contributed by atoms with Crippen LogP contribution in [0.25, 0.3) is 0 Å². The van der Waals surface area contributed by atoms with Crippen molar-refractivity contribution in [2.24, 2.45) is 11.8 Å². The van der Waals surface area contributed by atoms with Crippen LogP contribution >= 0.6 is 0 Å². The number of amides is 3. The van der Waals surface area contributed by atoms with E-state index in [1.807, 2.05) is 78.3 Å². The third-order valence-electron chi connectivity index (χ3n) is 9.49. The lowest BCUT2D eigenvalue weighted by molar-refractivity contribution is -0.157. The summed E-state index contributed by atoms with van der Waals surface area (Å²) in [5, 5.41) is 10.7. The van der Waals surface area contributed by atoms with Gasteiger partial charge >= 0.3 is 0 Å². The highest BCUT2D eigenvalue weighted by atomic mass is 16.5.